The van der Waals surface area contributed by atoms with Gasteiger partial charge in [0.05, 0.1) is 5.52 Å². The summed E-state index contributed by atoms with van der Waals surface area (Å²) >= 11 is 0. The molecule has 0 spiro atoms. The average molecular weight is 277 g/mol. The molecule has 1 atom stereocenters. The number of nitrogens with zero attached hydrogens (tertiary/aromatic N) is 2. The molecule has 0 aliphatic carbocycles. The molecule has 0 saturated carbocycles. The van der Waals surface area contributed by atoms with Crippen molar-refractivity contribution >= 4 is 16.8 Å². The summed E-state index contributed by atoms with van der Waals surface area (Å²) in [7, 11) is 0. The maximum Gasteiger partial charge on any atom is 0.268 e. The van der Waals surface area contributed by atoms with E-state index >= 15 is 0 Å². The molecule has 0 unspecified atom stereocenters. The van der Waals surface area contributed by atoms with Crippen LogP contribution in [0.25, 0.3) is 22.0 Å². The quantitative estimate of drug-likeness (QED) is 0.743. The molecule has 2 aromatic heterocycles. The first-order valence-corrected chi connectivity index (χ1v) is 7.08. The zero-order valence-corrected chi connectivity index (χ0v) is 11.7. The summed E-state index contributed by atoms with van der Waals surface area (Å²) < 4.78 is 2.16. The summed E-state index contributed by atoms with van der Waals surface area (Å²) in [6.07, 6.45) is 3.59. The lowest BCUT2D eigenvalue weighted by molar-refractivity contribution is 0.0919. The van der Waals surface area contributed by atoms with Gasteiger partial charge in [0.15, 0.2) is 0 Å². The number of aromatic nitrogens is 2. The molecular weight excluding hydrogens is 262 g/mol. The lowest BCUT2D eigenvalue weighted by atomic mass is 10.0. The van der Waals surface area contributed by atoms with E-state index in [0.29, 0.717) is 6.54 Å². The molecule has 0 fully saturated rings. The standard InChI is InChI=1S/C17H15N3O/c1-11-10-19-17(21)15-9-13-3-2-4-14(16(13)20(11)15)12-5-7-18-8-6-12/h2-9,11H,10H2,1H3,(H,19,21)/t11-/m1/s1. The Morgan fingerprint density at radius 3 is 2.86 bits per heavy atom. The first-order valence-electron chi connectivity index (χ1n) is 7.08. The number of carbonyl (C=O) groups excluding carboxylic acids is 1. The summed E-state index contributed by atoms with van der Waals surface area (Å²) in [6, 6.07) is 12.4. The third-order valence-electron chi connectivity index (χ3n) is 4.08. The predicted octanol–water partition coefficient (Wildman–Crippen LogP) is 3.01. The average Bonchev–Trinajstić information content (AvgIpc) is 2.92. The van der Waals surface area contributed by atoms with Crippen molar-refractivity contribution in [1.82, 2.24) is 14.9 Å². The van der Waals surface area contributed by atoms with Gasteiger partial charge in [-0.3, -0.25) is 9.78 Å². The van der Waals surface area contributed by atoms with Crippen molar-refractivity contribution in [3.63, 3.8) is 0 Å². The smallest absolute Gasteiger partial charge is 0.268 e. The molecule has 1 amide bonds. The first-order chi connectivity index (χ1) is 10.3. The lowest BCUT2D eigenvalue weighted by Crippen LogP contribution is -2.37. The molecule has 1 aromatic carbocycles. The highest BCUT2D eigenvalue weighted by Gasteiger charge is 2.25. The van der Waals surface area contributed by atoms with Gasteiger partial charge in [-0.05, 0) is 30.7 Å². The third kappa shape index (κ3) is 1.76. The fraction of sp³-hybridized carbons (Fsp3) is 0.176. The van der Waals surface area contributed by atoms with Crippen molar-refractivity contribution < 1.29 is 4.79 Å². The van der Waals surface area contributed by atoms with Crippen LogP contribution in [0, 0.1) is 0 Å². The van der Waals surface area contributed by atoms with Crippen LogP contribution in [-0.4, -0.2) is 22.0 Å². The molecular formula is C17H15N3O. The second-order valence-electron chi connectivity index (χ2n) is 5.44. The van der Waals surface area contributed by atoms with Crippen LogP contribution in [0.4, 0.5) is 0 Å². The number of nitrogens with one attached hydrogen (secondary N) is 1. The van der Waals surface area contributed by atoms with Crippen molar-refractivity contribution in [2.24, 2.45) is 0 Å². The fourth-order valence-corrected chi connectivity index (χ4v) is 3.10. The van der Waals surface area contributed by atoms with Gasteiger partial charge in [-0.2, -0.15) is 0 Å². The number of hydrogen-bond acceptors (Lipinski definition) is 2. The molecule has 104 valence electrons. The third-order valence-corrected chi connectivity index (χ3v) is 4.08. The first kappa shape index (κ1) is 12.1. The van der Waals surface area contributed by atoms with Crippen LogP contribution in [-0.2, 0) is 0 Å². The number of para-hydroxylation sites is 1. The van der Waals surface area contributed by atoms with E-state index in [-0.39, 0.29) is 11.9 Å². The van der Waals surface area contributed by atoms with Crippen LogP contribution in [0.3, 0.4) is 0 Å². The second-order valence-corrected chi connectivity index (χ2v) is 5.44. The van der Waals surface area contributed by atoms with Crippen LogP contribution in [0.15, 0.2) is 48.8 Å². The minimum absolute atomic E-state index is 0.00461. The Hall–Kier alpha value is -2.62. The van der Waals surface area contributed by atoms with E-state index in [1.165, 1.54) is 0 Å². The largest absolute Gasteiger partial charge is 0.349 e. The van der Waals surface area contributed by atoms with Crippen LogP contribution in [0.2, 0.25) is 0 Å². The van der Waals surface area contributed by atoms with Crippen molar-refractivity contribution in [1.29, 1.82) is 0 Å². The van der Waals surface area contributed by atoms with Gasteiger partial charge in [0.1, 0.15) is 5.69 Å². The summed E-state index contributed by atoms with van der Waals surface area (Å²) in [5.74, 6) is 0.00461. The van der Waals surface area contributed by atoms with Crippen LogP contribution in [0.1, 0.15) is 23.5 Å². The number of benzene rings is 1. The molecule has 1 N–H and O–H groups in total. The van der Waals surface area contributed by atoms with Crippen LogP contribution in [0.5, 0.6) is 0 Å². The normalized spacial score (nSPS) is 17.6. The number of rotatable bonds is 1. The molecule has 0 saturated heterocycles. The van der Waals surface area contributed by atoms with E-state index in [9.17, 15) is 4.79 Å². The van der Waals surface area contributed by atoms with Gasteiger partial charge in [-0.25, -0.2) is 0 Å². The minimum Gasteiger partial charge on any atom is -0.349 e. The Balaban J connectivity index is 2.08. The molecule has 1 aliphatic rings. The number of hydrogen-bond donors (Lipinski definition) is 1. The predicted molar refractivity (Wildman–Crippen MR) is 82.2 cm³/mol. The molecule has 4 heteroatoms. The summed E-state index contributed by atoms with van der Waals surface area (Å²) in [5.41, 5.74) is 4.13. The SMILES string of the molecule is C[C@@H]1CNC(=O)c2cc3cccc(-c4ccncc4)c3n21. The molecule has 4 rings (SSSR count). The van der Waals surface area contributed by atoms with Gasteiger partial charge in [-0.1, -0.05) is 18.2 Å². The van der Waals surface area contributed by atoms with Gasteiger partial charge in [0, 0.05) is 35.9 Å². The van der Waals surface area contributed by atoms with Crippen molar-refractivity contribution in [3.8, 4) is 11.1 Å². The summed E-state index contributed by atoms with van der Waals surface area (Å²) in [6.45, 7) is 2.80. The van der Waals surface area contributed by atoms with Crippen molar-refractivity contribution in [2.75, 3.05) is 6.54 Å². The van der Waals surface area contributed by atoms with Gasteiger partial charge >= 0.3 is 0 Å². The number of carbonyl (C=O) groups is 1. The molecule has 21 heavy (non-hydrogen) atoms. The highest BCUT2D eigenvalue weighted by molar-refractivity contribution is 6.03. The second kappa shape index (κ2) is 4.45. The topological polar surface area (TPSA) is 46.9 Å². The van der Waals surface area contributed by atoms with E-state index in [2.05, 4.69) is 33.9 Å². The maximum absolute atomic E-state index is 12.1. The summed E-state index contributed by atoms with van der Waals surface area (Å²) in [4.78, 5) is 16.2. The molecule has 3 heterocycles. The molecule has 0 radical (unpaired) electrons. The maximum atomic E-state index is 12.1. The Kier molecular flexibility index (Phi) is 2.57. The van der Waals surface area contributed by atoms with Crippen molar-refractivity contribution in [3.05, 3.63) is 54.5 Å². The fourth-order valence-electron chi connectivity index (χ4n) is 3.10. The highest BCUT2D eigenvalue weighted by atomic mass is 16.2. The van der Waals surface area contributed by atoms with Crippen LogP contribution < -0.4 is 5.32 Å². The monoisotopic (exact) mass is 277 g/mol. The Labute approximate surface area is 122 Å². The Morgan fingerprint density at radius 2 is 2.05 bits per heavy atom. The zero-order valence-electron chi connectivity index (χ0n) is 11.7. The van der Waals surface area contributed by atoms with Gasteiger partial charge in [0.25, 0.3) is 5.91 Å². The molecule has 3 aromatic rings. The molecule has 1 aliphatic heterocycles. The minimum atomic E-state index is 0.00461. The van der Waals surface area contributed by atoms with E-state index in [1.54, 1.807) is 12.4 Å². The highest BCUT2D eigenvalue weighted by Crippen LogP contribution is 2.34. The number of pyridine rings is 1. The molecule has 0 bridgehead atoms. The van der Waals surface area contributed by atoms with Gasteiger partial charge < -0.3 is 9.88 Å². The van der Waals surface area contributed by atoms with E-state index in [1.807, 2.05) is 24.3 Å². The van der Waals surface area contributed by atoms with Crippen LogP contribution >= 0.6 is 0 Å². The Morgan fingerprint density at radius 1 is 1.24 bits per heavy atom. The molecule has 4 nitrogen and oxygen atoms in total. The summed E-state index contributed by atoms with van der Waals surface area (Å²) in [5, 5.41) is 4.04. The van der Waals surface area contributed by atoms with Gasteiger partial charge in [0.2, 0.25) is 0 Å². The number of fused-ring (bicyclic) bond motifs is 3. The zero-order chi connectivity index (χ0) is 14.4. The van der Waals surface area contributed by atoms with E-state index < -0.39 is 0 Å². The number of amides is 1. The Bertz CT molecular complexity index is 836. The lowest BCUT2D eigenvalue weighted by Gasteiger charge is -2.25. The van der Waals surface area contributed by atoms with E-state index in [0.717, 1.165) is 27.7 Å². The van der Waals surface area contributed by atoms with Gasteiger partial charge in [-0.15, -0.1) is 0 Å². The van der Waals surface area contributed by atoms with Crippen molar-refractivity contribution in [2.45, 2.75) is 13.0 Å². The van der Waals surface area contributed by atoms with E-state index in [4.69, 9.17) is 0 Å².